The van der Waals surface area contributed by atoms with Gasteiger partial charge in [0.05, 0.1) is 5.75 Å². The summed E-state index contributed by atoms with van der Waals surface area (Å²) in [6.07, 6.45) is -3.54. The number of benzene rings is 2. The monoisotopic (exact) mass is 419 g/mol. The molecule has 1 aromatic heterocycles. The Kier molecular flexibility index (Phi) is 6.38. The molecule has 0 radical (unpaired) electrons. The topological polar surface area (TPSA) is 64.1 Å². The summed E-state index contributed by atoms with van der Waals surface area (Å²) in [6, 6.07) is 15.2. The van der Waals surface area contributed by atoms with Gasteiger partial charge in [-0.05, 0) is 55.0 Å². The number of nitrogens with zero attached hydrogens (tertiary/aromatic N) is 2. The van der Waals surface area contributed by atoms with Gasteiger partial charge in [-0.2, -0.15) is 13.2 Å². The second kappa shape index (κ2) is 8.95. The first kappa shape index (κ1) is 20.7. The molecule has 0 saturated carbocycles. The van der Waals surface area contributed by atoms with Crippen molar-refractivity contribution in [2.24, 2.45) is 0 Å². The average Bonchev–Trinajstić information content (AvgIpc) is 2.68. The number of aromatic nitrogens is 2. The van der Waals surface area contributed by atoms with E-state index in [4.69, 9.17) is 4.74 Å². The summed E-state index contributed by atoms with van der Waals surface area (Å²) < 4.78 is 43.7. The Morgan fingerprint density at radius 1 is 1.10 bits per heavy atom. The highest BCUT2D eigenvalue weighted by Gasteiger charge is 2.32. The lowest BCUT2D eigenvalue weighted by Gasteiger charge is -2.09. The first-order valence-corrected chi connectivity index (χ1v) is 9.46. The van der Waals surface area contributed by atoms with E-state index in [1.807, 2.05) is 31.2 Å². The van der Waals surface area contributed by atoms with Gasteiger partial charge in [0.25, 0.3) is 0 Å². The van der Waals surface area contributed by atoms with E-state index in [-0.39, 0.29) is 16.8 Å². The van der Waals surface area contributed by atoms with Crippen LogP contribution in [0, 0.1) is 6.92 Å². The number of carbonyl (C=O) groups is 1. The number of amides is 1. The summed E-state index contributed by atoms with van der Waals surface area (Å²) in [5, 5.41) is 2.55. The molecular formula is C20H16F3N3O2S. The minimum Gasteiger partial charge on any atom is -0.457 e. The highest BCUT2D eigenvalue weighted by atomic mass is 32.2. The lowest BCUT2D eigenvalue weighted by atomic mass is 10.2. The fourth-order valence-corrected chi connectivity index (χ4v) is 2.95. The van der Waals surface area contributed by atoms with E-state index in [0.29, 0.717) is 17.2 Å². The van der Waals surface area contributed by atoms with E-state index in [2.05, 4.69) is 15.3 Å². The lowest BCUT2D eigenvalue weighted by Crippen LogP contribution is -2.14. The van der Waals surface area contributed by atoms with Crippen LogP contribution >= 0.6 is 11.8 Å². The molecule has 1 amide bonds. The zero-order valence-corrected chi connectivity index (χ0v) is 16.1. The molecule has 0 aliphatic carbocycles. The van der Waals surface area contributed by atoms with Crippen molar-refractivity contribution in [1.29, 1.82) is 0 Å². The summed E-state index contributed by atoms with van der Waals surface area (Å²) in [7, 11) is 0. The van der Waals surface area contributed by atoms with Gasteiger partial charge in [0.1, 0.15) is 17.2 Å². The number of rotatable bonds is 6. The van der Waals surface area contributed by atoms with Crippen molar-refractivity contribution in [2.45, 2.75) is 18.3 Å². The molecule has 0 spiro atoms. The van der Waals surface area contributed by atoms with Gasteiger partial charge in [-0.1, -0.05) is 23.9 Å². The molecule has 0 unspecified atom stereocenters. The van der Waals surface area contributed by atoms with Crippen LogP contribution in [-0.2, 0) is 11.0 Å². The van der Waals surface area contributed by atoms with Gasteiger partial charge in [-0.25, -0.2) is 9.97 Å². The molecule has 3 aromatic rings. The SMILES string of the molecule is Cc1cccc(Oc2ccc(NC(=O)CSc3nccc(C(F)(F)F)n3)cc2)c1. The highest BCUT2D eigenvalue weighted by molar-refractivity contribution is 7.99. The van der Waals surface area contributed by atoms with E-state index < -0.39 is 11.9 Å². The number of ether oxygens (including phenoxy) is 1. The van der Waals surface area contributed by atoms with Gasteiger partial charge >= 0.3 is 6.18 Å². The third-order valence-electron chi connectivity index (χ3n) is 3.62. The van der Waals surface area contributed by atoms with E-state index in [1.165, 1.54) is 0 Å². The van der Waals surface area contributed by atoms with Crippen LogP contribution in [0.1, 0.15) is 11.3 Å². The number of alkyl halides is 3. The molecular weight excluding hydrogens is 403 g/mol. The van der Waals surface area contributed by atoms with Gasteiger partial charge in [-0.15, -0.1) is 0 Å². The van der Waals surface area contributed by atoms with E-state index in [9.17, 15) is 18.0 Å². The van der Waals surface area contributed by atoms with E-state index >= 15 is 0 Å². The van der Waals surface area contributed by atoms with Crippen LogP contribution in [0.4, 0.5) is 18.9 Å². The third kappa shape index (κ3) is 6.21. The number of anilines is 1. The molecule has 2 aromatic carbocycles. The van der Waals surface area contributed by atoms with Crippen molar-refractivity contribution in [3.63, 3.8) is 0 Å². The average molecular weight is 419 g/mol. The predicted octanol–water partition coefficient (Wildman–Crippen LogP) is 5.33. The van der Waals surface area contributed by atoms with Gasteiger partial charge in [0.15, 0.2) is 5.16 Å². The standard InChI is InChI=1S/C20H16F3N3O2S/c1-13-3-2-4-16(11-13)28-15-7-5-14(6-8-15)25-18(27)12-29-19-24-10-9-17(26-19)20(21,22)23/h2-11H,12H2,1H3,(H,25,27). The third-order valence-corrected chi connectivity index (χ3v) is 4.48. The Morgan fingerprint density at radius 2 is 1.86 bits per heavy atom. The zero-order chi connectivity index (χ0) is 20.9. The minimum absolute atomic E-state index is 0.114. The summed E-state index contributed by atoms with van der Waals surface area (Å²) in [6.45, 7) is 1.97. The predicted molar refractivity (Wildman–Crippen MR) is 104 cm³/mol. The maximum Gasteiger partial charge on any atom is 0.433 e. The fourth-order valence-electron chi connectivity index (χ4n) is 2.32. The molecule has 0 bridgehead atoms. The van der Waals surface area contributed by atoms with Crippen LogP contribution < -0.4 is 10.1 Å². The zero-order valence-electron chi connectivity index (χ0n) is 15.2. The first-order valence-electron chi connectivity index (χ1n) is 8.47. The number of carbonyl (C=O) groups excluding carboxylic acids is 1. The normalized spacial score (nSPS) is 11.2. The van der Waals surface area contributed by atoms with Crippen LogP contribution in [-0.4, -0.2) is 21.6 Å². The molecule has 1 N–H and O–H groups in total. The van der Waals surface area contributed by atoms with Crippen LogP contribution in [0.3, 0.4) is 0 Å². The van der Waals surface area contributed by atoms with Gasteiger partial charge < -0.3 is 10.1 Å². The van der Waals surface area contributed by atoms with E-state index in [1.54, 1.807) is 24.3 Å². The molecule has 0 saturated heterocycles. The number of thioether (sulfide) groups is 1. The second-order valence-electron chi connectivity index (χ2n) is 6.00. The second-order valence-corrected chi connectivity index (χ2v) is 6.94. The molecule has 9 heteroatoms. The van der Waals surface area contributed by atoms with Crippen LogP contribution in [0.2, 0.25) is 0 Å². The summed E-state index contributed by atoms with van der Waals surface area (Å²) >= 11 is 0.825. The van der Waals surface area contributed by atoms with Gasteiger partial charge in [0.2, 0.25) is 5.91 Å². The van der Waals surface area contributed by atoms with Crippen LogP contribution in [0.15, 0.2) is 66.0 Å². The Bertz CT molecular complexity index is 995. The molecule has 0 aliphatic rings. The quantitative estimate of drug-likeness (QED) is 0.432. The Morgan fingerprint density at radius 3 is 2.55 bits per heavy atom. The van der Waals surface area contributed by atoms with Crippen molar-refractivity contribution in [3.8, 4) is 11.5 Å². The number of hydrogen-bond acceptors (Lipinski definition) is 5. The lowest BCUT2D eigenvalue weighted by molar-refractivity contribution is -0.141. The molecule has 0 atom stereocenters. The van der Waals surface area contributed by atoms with Crippen LogP contribution in [0.5, 0.6) is 11.5 Å². The number of nitrogens with one attached hydrogen (secondary N) is 1. The number of hydrogen-bond donors (Lipinski definition) is 1. The van der Waals surface area contributed by atoms with Crippen molar-refractivity contribution < 1.29 is 22.7 Å². The van der Waals surface area contributed by atoms with Crippen LogP contribution in [0.25, 0.3) is 0 Å². The van der Waals surface area contributed by atoms with Crippen molar-refractivity contribution in [1.82, 2.24) is 9.97 Å². The van der Waals surface area contributed by atoms with Gasteiger partial charge in [-0.3, -0.25) is 4.79 Å². The molecule has 1 heterocycles. The highest BCUT2D eigenvalue weighted by Crippen LogP contribution is 2.28. The van der Waals surface area contributed by atoms with Crippen molar-refractivity contribution in [2.75, 3.05) is 11.1 Å². The molecule has 3 rings (SSSR count). The summed E-state index contributed by atoms with van der Waals surface area (Å²) in [5.41, 5.74) is 0.574. The molecule has 5 nitrogen and oxygen atoms in total. The molecule has 29 heavy (non-hydrogen) atoms. The fraction of sp³-hybridized carbons (Fsp3) is 0.150. The maximum atomic E-state index is 12.7. The van der Waals surface area contributed by atoms with Crippen molar-refractivity contribution in [3.05, 3.63) is 72.1 Å². The first-order chi connectivity index (χ1) is 13.8. The van der Waals surface area contributed by atoms with Crippen molar-refractivity contribution >= 4 is 23.4 Å². The minimum atomic E-state index is -4.55. The summed E-state index contributed by atoms with van der Waals surface area (Å²) in [5.74, 6) is 0.811. The largest absolute Gasteiger partial charge is 0.457 e. The molecule has 0 fully saturated rings. The Labute approximate surface area is 169 Å². The molecule has 150 valence electrons. The maximum absolute atomic E-state index is 12.7. The Hall–Kier alpha value is -3.07. The molecule has 0 aliphatic heterocycles. The van der Waals surface area contributed by atoms with Gasteiger partial charge in [0, 0.05) is 11.9 Å². The summed E-state index contributed by atoms with van der Waals surface area (Å²) in [4.78, 5) is 19.2. The smallest absolute Gasteiger partial charge is 0.433 e. The number of aryl methyl sites for hydroxylation is 1. The van der Waals surface area contributed by atoms with E-state index in [0.717, 1.165) is 29.6 Å². The Balaban J connectivity index is 1.53. The number of halogens is 3.